The molecular formula is C23H30O2. The number of fused-ring (bicyclic) bond motifs is 1. The highest BCUT2D eigenvalue weighted by Crippen LogP contribution is 2.48. The van der Waals surface area contributed by atoms with Crippen LogP contribution in [-0.4, -0.2) is 12.2 Å². The number of hydrogen-bond acceptors (Lipinski definition) is 2. The van der Waals surface area contributed by atoms with E-state index in [-0.39, 0.29) is 12.0 Å². The zero-order valence-corrected chi connectivity index (χ0v) is 16.3. The van der Waals surface area contributed by atoms with Crippen LogP contribution < -0.4 is 4.74 Å². The van der Waals surface area contributed by atoms with Crippen LogP contribution in [0.1, 0.15) is 62.3 Å². The van der Waals surface area contributed by atoms with Gasteiger partial charge in [0.05, 0.1) is 13.7 Å². The van der Waals surface area contributed by atoms with Crippen LogP contribution in [-0.2, 0) is 12.0 Å². The molecule has 25 heavy (non-hydrogen) atoms. The van der Waals surface area contributed by atoms with Gasteiger partial charge in [-0.05, 0) is 70.5 Å². The lowest BCUT2D eigenvalue weighted by molar-refractivity contribution is 0.281. The smallest absolute Gasteiger partial charge is 0.126 e. The Labute approximate surface area is 151 Å². The van der Waals surface area contributed by atoms with Gasteiger partial charge in [-0.3, -0.25) is 0 Å². The first kappa shape index (κ1) is 18.0. The van der Waals surface area contributed by atoms with Gasteiger partial charge in [-0.1, -0.05) is 45.9 Å². The van der Waals surface area contributed by atoms with Crippen molar-refractivity contribution in [1.29, 1.82) is 0 Å². The van der Waals surface area contributed by atoms with E-state index in [1.165, 1.54) is 28.7 Å². The molecule has 0 aromatic heterocycles. The van der Waals surface area contributed by atoms with E-state index in [0.29, 0.717) is 11.8 Å². The SMILES string of the molecule is COc1ccc(CO)cc1-c1cc2c(cc1C)C(C)(C)CC(C)C2C. The lowest BCUT2D eigenvalue weighted by atomic mass is 9.64. The van der Waals surface area contributed by atoms with E-state index >= 15 is 0 Å². The van der Waals surface area contributed by atoms with Gasteiger partial charge in [-0.15, -0.1) is 0 Å². The molecule has 2 unspecified atom stereocenters. The van der Waals surface area contributed by atoms with Crippen LogP contribution in [0.4, 0.5) is 0 Å². The zero-order chi connectivity index (χ0) is 18.4. The number of aryl methyl sites for hydroxylation is 1. The summed E-state index contributed by atoms with van der Waals surface area (Å²) >= 11 is 0. The van der Waals surface area contributed by atoms with Crippen molar-refractivity contribution in [3.63, 3.8) is 0 Å². The molecule has 1 N–H and O–H groups in total. The number of hydrogen-bond donors (Lipinski definition) is 1. The summed E-state index contributed by atoms with van der Waals surface area (Å²) in [7, 11) is 1.71. The van der Waals surface area contributed by atoms with Gasteiger partial charge in [0.25, 0.3) is 0 Å². The van der Waals surface area contributed by atoms with Gasteiger partial charge in [-0.2, -0.15) is 0 Å². The minimum absolute atomic E-state index is 0.0431. The Morgan fingerprint density at radius 3 is 2.48 bits per heavy atom. The summed E-state index contributed by atoms with van der Waals surface area (Å²) in [5.41, 5.74) is 7.61. The Hall–Kier alpha value is -1.80. The van der Waals surface area contributed by atoms with E-state index in [4.69, 9.17) is 4.74 Å². The normalized spacial score (nSPS) is 21.7. The van der Waals surface area contributed by atoms with E-state index in [1.807, 2.05) is 12.1 Å². The predicted molar refractivity (Wildman–Crippen MR) is 104 cm³/mol. The second-order valence-corrected chi connectivity index (χ2v) is 8.30. The highest BCUT2D eigenvalue weighted by molar-refractivity contribution is 5.75. The monoisotopic (exact) mass is 338 g/mol. The fraction of sp³-hybridized carbons (Fsp3) is 0.478. The average Bonchev–Trinajstić information content (AvgIpc) is 2.58. The van der Waals surface area contributed by atoms with Crippen LogP contribution in [0, 0.1) is 12.8 Å². The fourth-order valence-electron chi connectivity index (χ4n) is 4.44. The third-order valence-corrected chi connectivity index (χ3v) is 6.04. The van der Waals surface area contributed by atoms with Crippen molar-refractivity contribution in [2.24, 2.45) is 5.92 Å². The van der Waals surface area contributed by atoms with Gasteiger partial charge < -0.3 is 9.84 Å². The maximum atomic E-state index is 9.54. The lowest BCUT2D eigenvalue weighted by Crippen LogP contribution is -2.30. The Morgan fingerprint density at radius 2 is 1.84 bits per heavy atom. The molecule has 3 rings (SSSR count). The summed E-state index contributed by atoms with van der Waals surface area (Å²) in [5, 5.41) is 9.54. The second kappa shape index (κ2) is 6.49. The Morgan fingerprint density at radius 1 is 1.12 bits per heavy atom. The molecule has 0 saturated heterocycles. The van der Waals surface area contributed by atoms with Crippen LogP contribution in [0.5, 0.6) is 5.75 Å². The maximum absolute atomic E-state index is 9.54. The van der Waals surface area contributed by atoms with Crippen LogP contribution >= 0.6 is 0 Å². The van der Waals surface area contributed by atoms with Crippen LogP contribution in [0.15, 0.2) is 30.3 Å². The molecule has 0 aliphatic heterocycles. The Balaban J connectivity index is 2.23. The molecule has 0 spiro atoms. The predicted octanol–water partition coefficient (Wildman–Crippen LogP) is 5.58. The van der Waals surface area contributed by atoms with Gasteiger partial charge in [0.2, 0.25) is 0 Å². The van der Waals surface area contributed by atoms with Crippen molar-refractivity contribution in [3.8, 4) is 16.9 Å². The van der Waals surface area contributed by atoms with Crippen molar-refractivity contribution < 1.29 is 9.84 Å². The molecule has 2 aromatic rings. The zero-order valence-electron chi connectivity index (χ0n) is 16.3. The summed E-state index contributed by atoms with van der Waals surface area (Å²) in [6, 6.07) is 10.7. The first-order chi connectivity index (χ1) is 11.8. The number of aliphatic hydroxyl groups excluding tert-OH is 1. The fourth-order valence-corrected chi connectivity index (χ4v) is 4.44. The van der Waals surface area contributed by atoms with Crippen LogP contribution in [0.3, 0.4) is 0 Å². The van der Waals surface area contributed by atoms with Gasteiger partial charge in [0.15, 0.2) is 0 Å². The molecule has 0 heterocycles. The van der Waals surface area contributed by atoms with Crippen molar-refractivity contribution >= 4 is 0 Å². The molecule has 1 aliphatic carbocycles. The average molecular weight is 338 g/mol. The van der Waals surface area contributed by atoms with Crippen molar-refractivity contribution in [2.75, 3.05) is 7.11 Å². The van der Waals surface area contributed by atoms with Gasteiger partial charge in [-0.25, -0.2) is 0 Å². The number of methoxy groups -OCH3 is 1. The summed E-state index contributed by atoms with van der Waals surface area (Å²) in [4.78, 5) is 0. The van der Waals surface area contributed by atoms with Crippen LogP contribution in [0.2, 0.25) is 0 Å². The van der Waals surface area contributed by atoms with E-state index in [0.717, 1.165) is 16.9 Å². The third kappa shape index (κ3) is 3.08. The van der Waals surface area contributed by atoms with Gasteiger partial charge in [0, 0.05) is 5.56 Å². The summed E-state index contributed by atoms with van der Waals surface area (Å²) in [6.07, 6.45) is 1.23. The number of rotatable bonds is 3. The molecule has 0 saturated carbocycles. The second-order valence-electron chi connectivity index (χ2n) is 8.30. The summed E-state index contributed by atoms with van der Waals surface area (Å²) in [5.74, 6) is 2.08. The molecule has 134 valence electrons. The minimum Gasteiger partial charge on any atom is -0.496 e. The molecule has 0 bridgehead atoms. The van der Waals surface area contributed by atoms with E-state index in [2.05, 4.69) is 52.8 Å². The van der Waals surface area contributed by atoms with E-state index in [1.54, 1.807) is 7.11 Å². The molecule has 0 radical (unpaired) electrons. The molecule has 2 nitrogen and oxygen atoms in total. The van der Waals surface area contributed by atoms with Gasteiger partial charge in [0.1, 0.15) is 5.75 Å². The number of aliphatic hydroxyl groups is 1. The highest BCUT2D eigenvalue weighted by Gasteiger charge is 2.35. The Kier molecular flexibility index (Phi) is 4.68. The quantitative estimate of drug-likeness (QED) is 0.791. The molecule has 2 atom stereocenters. The van der Waals surface area contributed by atoms with E-state index < -0.39 is 0 Å². The minimum atomic E-state index is 0.0431. The number of benzene rings is 2. The molecule has 2 aromatic carbocycles. The largest absolute Gasteiger partial charge is 0.496 e. The molecule has 1 aliphatic rings. The first-order valence-electron chi connectivity index (χ1n) is 9.21. The highest BCUT2D eigenvalue weighted by atomic mass is 16.5. The van der Waals surface area contributed by atoms with Crippen molar-refractivity contribution in [1.82, 2.24) is 0 Å². The van der Waals surface area contributed by atoms with Crippen LogP contribution in [0.25, 0.3) is 11.1 Å². The van der Waals surface area contributed by atoms with Crippen molar-refractivity contribution in [2.45, 2.75) is 59.0 Å². The van der Waals surface area contributed by atoms with E-state index in [9.17, 15) is 5.11 Å². The molecule has 0 fully saturated rings. The standard InChI is InChI=1S/C23H30O2/c1-14-9-21-19(16(3)15(2)12-23(21,4)5)11-18(14)20-10-17(13-24)7-8-22(20)25-6/h7-11,15-16,24H,12-13H2,1-6H3. The molecule has 0 amide bonds. The lowest BCUT2D eigenvalue weighted by Gasteiger charge is -2.41. The number of ether oxygens (including phenoxy) is 1. The molecular weight excluding hydrogens is 308 g/mol. The Bertz CT molecular complexity index is 789. The summed E-state index contributed by atoms with van der Waals surface area (Å²) in [6.45, 7) is 11.7. The first-order valence-corrected chi connectivity index (χ1v) is 9.21. The summed E-state index contributed by atoms with van der Waals surface area (Å²) < 4.78 is 5.61. The topological polar surface area (TPSA) is 29.5 Å². The van der Waals surface area contributed by atoms with Gasteiger partial charge >= 0.3 is 0 Å². The molecule has 2 heteroatoms. The third-order valence-electron chi connectivity index (χ3n) is 6.04. The van der Waals surface area contributed by atoms with Crippen molar-refractivity contribution in [3.05, 3.63) is 52.6 Å². The maximum Gasteiger partial charge on any atom is 0.126 e.